The number of pyridine rings is 1. The molecule has 0 spiro atoms. The van der Waals surface area contributed by atoms with Gasteiger partial charge >= 0.3 is 6.03 Å². The number of fused-ring (bicyclic) bond motifs is 2. The van der Waals surface area contributed by atoms with Gasteiger partial charge in [0.05, 0.1) is 22.3 Å². The van der Waals surface area contributed by atoms with Crippen molar-refractivity contribution in [2.24, 2.45) is 0 Å². The highest BCUT2D eigenvalue weighted by Gasteiger charge is 2.07. The number of hydrogen-bond donors (Lipinski definition) is 2. The molecule has 2 aromatic heterocycles. The molecule has 6 heteroatoms. The molecule has 124 valence electrons. The second-order valence-electron chi connectivity index (χ2n) is 5.60. The Kier molecular flexibility index (Phi) is 4.26. The molecule has 0 fully saturated rings. The van der Waals surface area contributed by atoms with Crippen LogP contribution in [0, 0.1) is 0 Å². The predicted octanol–water partition coefficient (Wildman–Crippen LogP) is 3.84. The van der Waals surface area contributed by atoms with Crippen molar-refractivity contribution in [3.8, 4) is 0 Å². The lowest BCUT2D eigenvalue weighted by molar-refractivity contribution is 0.240. The normalized spacial score (nSPS) is 10.9. The van der Waals surface area contributed by atoms with Gasteiger partial charge in [0.1, 0.15) is 5.01 Å². The highest BCUT2D eigenvalue weighted by atomic mass is 32.1. The van der Waals surface area contributed by atoms with E-state index in [1.165, 1.54) is 0 Å². The first-order valence-electron chi connectivity index (χ1n) is 7.98. The van der Waals surface area contributed by atoms with Crippen LogP contribution in [-0.4, -0.2) is 16.0 Å². The summed E-state index contributed by atoms with van der Waals surface area (Å²) in [6.45, 7) is 0.846. The molecule has 2 heterocycles. The third-order valence-corrected chi connectivity index (χ3v) is 4.93. The molecule has 0 saturated heterocycles. The van der Waals surface area contributed by atoms with Gasteiger partial charge in [0.25, 0.3) is 0 Å². The Hall–Kier alpha value is -2.99. The zero-order valence-electron chi connectivity index (χ0n) is 13.4. The van der Waals surface area contributed by atoms with Crippen molar-refractivity contribution < 1.29 is 4.79 Å². The average Bonchev–Trinajstić information content (AvgIpc) is 3.07. The first-order valence-corrected chi connectivity index (χ1v) is 8.80. The minimum atomic E-state index is -0.216. The van der Waals surface area contributed by atoms with Crippen molar-refractivity contribution >= 4 is 38.5 Å². The number of carbonyl (C=O) groups is 1. The van der Waals surface area contributed by atoms with E-state index in [0.717, 1.165) is 31.7 Å². The molecule has 0 bridgehead atoms. The number of thiazole rings is 1. The third kappa shape index (κ3) is 3.44. The summed E-state index contributed by atoms with van der Waals surface area (Å²) in [6, 6.07) is 17.6. The number of para-hydroxylation sites is 2. The number of benzene rings is 2. The molecule has 0 saturated carbocycles. The van der Waals surface area contributed by atoms with Crippen molar-refractivity contribution in [3.63, 3.8) is 0 Å². The van der Waals surface area contributed by atoms with E-state index < -0.39 is 0 Å². The third-order valence-electron chi connectivity index (χ3n) is 3.89. The van der Waals surface area contributed by atoms with Gasteiger partial charge in [-0.2, -0.15) is 0 Å². The molecule has 0 aliphatic rings. The number of rotatable bonds is 4. The van der Waals surface area contributed by atoms with Crippen LogP contribution in [0.3, 0.4) is 0 Å². The van der Waals surface area contributed by atoms with Crippen LogP contribution in [0.2, 0.25) is 0 Å². The van der Waals surface area contributed by atoms with Crippen molar-refractivity contribution in [3.05, 3.63) is 71.4 Å². The lowest BCUT2D eigenvalue weighted by atomic mass is 10.1. The van der Waals surface area contributed by atoms with E-state index in [4.69, 9.17) is 0 Å². The van der Waals surface area contributed by atoms with Gasteiger partial charge in [-0.15, -0.1) is 11.3 Å². The Bertz CT molecular complexity index is 1010. The second kappa shape index (κ2) is 6.86. The Morgan fingerprint density at radius 2 is 1.80 bits per heavy atom. The lowest BCUT2D eigenvalue weighted by Crippen LogP contribution is -2.34. The largest absolute Gasteiger partial charge is 0.334 e. The summed E-state index contributed by atoms with van der Waals surface area (Å²) >= 11 is 1.59. The number of nitrogens with zero attached hydrogens (tertiary/aromatic N) is 2. The molecule has 2 aromatic carbocycles. The van der Waals surface area contributed by atoms with Gasteiger partial charge in [-0.25, -0.2) is 9.78 Å². The van der Waals surface area contributed by atoms with Crippen molar-refractivity contribution in [2.75, 3.05) is 0 Å². The molecule has 0 unspecified atom stereocenters. The maximum Gasteiger partial charge on any atom is 0.315 e. The maximum absolute atomic E-state index is 12.1. The monoisotopic (exact) mass is 348 g/mol. The smallest absolute Gasteiger partial charge is 0.315 e. The Balaban J connectivity index is 1.37. The van der Waals surface area contributed by atoms with Crippen LogP contribution in [0.5, 0.6) is 0 Å². The number of amides is 2. The van der Waals surface area contributed by atoms with Gasteiger partial charge < -0.3 is 10.6 Å². The Labute approximate surface area is 148 Å². The Morgan fingerprint density at radius 3 is 2.72 bits per heavy atom. The standard InChI is InChI=1S/C19H16N4OS/c24-19(22-12-17-23-15-8-1-2-9-16(15)25-17)21-11-14-6-3-5-13-7-4-10-20-18(13)14/h1-10H,11-12H2,(H2,21,22,24). The molecular weight excluding hydrogens is 332 g/mol. The van der Waals surface area contributed by atoms with E-state index in [9.17, 15) is 4.79 Å². The van der Waals surface area contributed by atoms with Crippen LogP contribution >= 0.6 is 11.3 Å². The molecule has 5 nitrogen and oxygen atoms in total. The highest BCUT2D eigenvalue weighted by molar-refractivity contribution is 7.18. The molecule has 0 atom stereocenters. The number of nitrogens with one attached hydrogen (secondary N) is 2. The van der Waals surface area contributed by atoms with Crippen molar-refractivity contribution in [1.29, 1.82) is 0 Å². The maximum atomic E-state index is 12.1. The van der Waals surface area contributed by atoms with Gasteiger partial charge in [-0.3, -0.25) is 4.98 Å². The van der Waals surface area contributed by atoms with Crippen molar-refractivity contribution in [2.45, 2.75) is 13.1 Å². The molecule has 25 heavy (non-hydrogen) atoms. The minimum absolute atomic E-state index is 0.216. The summed E-state index contributed by atoms with van der Waals surface area (Å²) in [5.74, 6) is 0. The summed E-state index contributed by atoms with van der Waals surface area (Å²) in [5.41, 5.74) is 2.87. The molecule has 0 radical (unpaired) electrons. The molecule has 0 aliphatic heterocycles. The first-order chi connectivity index (χ1) is 12.3. The van der Waals surface area contributed by atoms with Crippen LogP contribution < -0.4 is 10.6 Å². The number of aromatic nitrogens is 2. The second-order valence-corrected chi connectivity index (χ2v) is 6.72. The van der Waals surface area contributed by atoms with Crippen LogP contribution in [0.15, 0.2) is 60.8 Å². The van der Waals surface area contributed by atoms with Gasteiger partial charge in [-0.1, -0.05) is 36.4 Å². The summed E-state index contributed by atoms with van der Waals surface area (Å²) in [4.78, 5) is 21.0. The Morgan fingerprint density at radius 1 is 0.960 bits per heavy atom. The fourth-order valence-corrected chi connectivity index (χ4v) is 3.61. The van der Waals surface area contributed by atoms with E-state index in [2.05, 4.69) is 20.6 Å². The van der Waals surface area contributed by atoms with Gasteiger partial charge in [0, 0.05) is 18.1 Å². The van der Waals surface area contributed by atoms with E-state index in [1.54, 1.807) is 17.5 Å². The fraction of sp³-hybridized carbons (Fsp3) is 0.105. The summed E-state index contributed by atoms with van der Waals surface area (Å²) in [5, 5.41) is 7.70. The SMILES string of the molecule is O=C(NCc1nc2ccccc2s1)NCc1cccc2cccnc12. The van der Waals surface area contributed by atoms with E-state index in [0.29, 0.717) is 13.1 Å². The predicted molar refractivity (Wildman–Crippen MR) is 100 cm³/mol. The number of carbonyl (C=O) groups excluding carboxylic acids is 1. The summed E-state index contributed by atoms with van der Waals surface area (Å²) in [7, 11) is 0. The van der Waals surface area contributed by atoms with Crippen LogP contribution in [0.4, 0.5) is 4.79 Å². The van der Waals surface area contributed by atoms with Crippen LogP contribution in [0.1, 0.15) is 10.6 Å². The van der Waals surface area contributed by atoms with Crippen LogP contribution in [-0.2, 0) is 13.1 Å². The molecule has 0 aliphatic carbocycles. The molecule has 4 aromatic rings. The molecular formula is C19H16N4OS. The lowest BCUT2D eigenvalue weighted by Gasteiger charge is -2.08. The number of urea groups is 1. The zero-order chi connectivity index (χ0) is 17.1. The van der Waals surface area contributed by atoms with Gasteiger partial charge in [0.15, 0.2) is 0 Å². The molecule has 4 rings (SSSR count). The minimum Gasteiger partial charge on any atom is -0.334 e. The topological polar surface area (TPSA) is 66.9 Å². The van der Waals surface area contributed by atoms with Crippen molar-refractivity contribution in [1.82, 2.24) is 20.6 Å². The quantitative estimate of drug-likeness (QED) is 0.589. The van der Waals surface area contributed by atoms with Gasteiger partial charge in [0.2, 0.25) is 0 Å². The van der Waals surface area contributed by atoms with Gasteiger partial charge in [-0.05, 0) is 23.8 Å². The fourth-order valence-electron chi connectivity index (χ4n) is 2.70. The highest BCUT2D eigenvalue weighted by Crippen LogP contribution is 2.21. The van der Waals surface area contributed by atoms with E-state index >= 15 is 0 Å². The van der Waals surface area contributed by atoms with Crippen LogP contribution in [0.25, 0.3) is 21.1 Å². The van der Waals surface area contributed by atoms with E-state index in [1.807, 2.05) is 54.6 Å². The average molecular weight is 348 g/mol. The number of hydrogen-bond acceptors (Lipinski definition) is 4. The summed E-state index contributed by atoms with van der Waals surface area (Å²) in [6.07, 6.45) is 1.76. The zero-order valence-corrected chi connectivity index (χ0v) is 14.2. The van der Waals surface area contributed by atoms with E-state index in [-0.39, 0.29) is 6.03 Å². The molecule has 2 amide bonds. The first kappa shape index (κ1) is 15.5. The summed E-state index contributed by atoms with van der Waals surface area (Å²) < 4.78 is 1.13. The molecule has 2 N–H and O–H groups in total.